The van der Waals surface area contributed by atoms with Gasteiger partial charge in [0.15, 0.2) is 9.84 Å². The van der Waals surface area contributed by atoms with E-state index in [1.807, 2.05) is 0 Å². The molecule has 1 atom stereocenters. The Morgan fingerprint density at radius 1 is 1.05 bits per heavy atom. The first-order chi connectivity index (χ1) is 9.44. The largest absolute Gasteiger partial charge is 0.501 e. The number of hydrogen-bond donors (Lipinski definition) is 0. The summed E-state index contributed by atoms with van der Waals surface area (Å²) in [5.74, 6) is 0.112. The number of halogens is 4. The Morgan fingerprint density at radius 2 is 1.48 bits per heavy atom. The van der Waals surface area contributed by atoms with Crippen molar-refractivity contribution in [3.05, 3.63) is 24.3 Å². The van der Waals surface area contributed by atoms with Crippen molar-refractivity contribution in [2.75, 3.05) is 5.88 Å². The van der Waals surface area contributed by atoms with Crippen molar-refractivity contribution in [3.8, 4) is 0 Å². The fraction of sp³-hybridized carbons (Fsp3) is 0.455. The quantitative estimate of drug-likeness (QED) is 0.753. The van der Waals surface area contributed by atoms with Crippen molar-refractivity contribution in [1.82, 2.24) is 0 Å². The molecule has 0 aromatic heterocycles. The van der Waals surface area contributed by atoms with E-state index in [0.717, 1.165) is 12.1 Å². The molecule has 120 valence electrons. The van der Waals surface area contributed by atoms with Crippen LogP contribution in [0.3, 0.4) is 0 Å². The summed E-state index contributed by atoms with van der Waals surface area (Å²) in [6.07, 6.45) is 0.173. The van der Waals surface area contributed by atoms with E-state index in [1.165, 1.54) is 6.92 Å². The number of benzene rings is 1. The van der Waals surface area contributed by atoms with Gasteiger partial charge in [-0.1, -0.05) is 0 Å². The van der Waals surface area contributed by atoms with Gasteiger partial charge in [0.25, 0.3) is 9.84 Å². The summed E-state index contributed by atoms with van der Waals surface area (Å²) in [5.41, 5.74) is -5.43. The van der Waals surface area contributed by atoms with Gasteiger partial charge in [-0.15, -0.1) is 11.6 Å². The van der Waals surface area contributed by atoms with Crippen LogP contribution in [0.2, 0.25) is 0 Å². The Kier molecular flexibility index (Phi) is 5.33. The second-order valence-corrected chi connectivity index (χ2v) is 8.94. The summed E-state index contributed by atoms with van der Waals surface area (Å²) >= 11 is 5.46. The highest BCUT2D eigenvalue weighted by molar-refractivity contribution is 7.92. The molecular formula is C11H12ClF3O4S2. The summed E-state index contributed by atoms with van der Waals surface area (Å²) in [6, 6.07) is 2.95. The number of sulfone groups is 2. The van der Waals surface area contributed by atoms with Crippen LogP contribution in [0.5, 0.6) is 0 Å². The van der Waals surface area contributed by atoms with Gasteiger partial charge in [-0.25, -0.2) is 16.8 Å². The molecule has 0 radical (unpaired) electrons. The number of rotatable bonds is 5. The molecular weight excluding hydrogens is 353 g/mol. The average molecular weight is 365 g/mol. The zero-order chi connectivity index (χ0) is 16.5. The molecule has 1 unspecified atom stereocenters. The van der Waals surface area contributed by atoms with E-state index in [-0.39, 0.29) is 17.2 Å². The molecule has 1 aromatic carbocycles. The molecule has 0 saturated heterocycles. The molecule has 0 fully saturated rings. The summed E-state index contributed by atoms with van der Waals surface area (Å²) in [7, 11) is -9.24. The van der Waals surface area contributed by atoms with Gasteiger partial charge in [0.2, 0.25) is 0 Å². The van der Waals surface area contributed by atoms with Gasteiger partial charge >= 0.3 is 5.51 Å². The monoisotopic (exact) mass is 364 g/mol. The lowest BCUT2D eigenvalue weighted by atomic mass is 10.4. The minimum atomic E-state index is -5.49. The summed E-state index contributed by atoms with van der Waals surface area (Å²) in [4.78, 5) is -1.25. The van der Waals surface area contributed by atoms with Crippen LogP contribution < -0.4 is 0 Å². The van der Waals surface area contributed by atoms with Gasteiger partial charge in [0.1, 0.15) is 0 Å². The third-order valence-corrected chi connectivity index (χ3v) is 6.76. The molecule has 0 heterocycles. The minimum Gasteiger partial charge on any atom is -0.223 e. The fourth-order valence-electron chi connectivity index (χ4n) is 1.48. The van der Waals surface area contributed by atoms with E-state index in [0.29, 0.717) is 12.1 Å². The Bertz CT molecular complexity index is 694. The van der Waals surface area contributed by atoms with E-state index in [2.05, 4.69) is 0 Å². The van der Waals surface area contributed by atoms with Crippen LogP contribution in [0.4, 0.5) is 13.2 Å². The molecule has 0 spiro atoms. The summed E-state index contributed by atoms with van der Waals surface area (Å²) < 4.78 is 83.5. The van der Waals surface area contributed by atoms with Crippen molar-refractivity contribution in [2.24, 2.45) is 0 Å². The number of alkyl halides is 4. The predicted octanol–water partition coefficient (Wildman–Crippen LogP) is 2.77. The Morgan fingerprint density at radius 3 is 1.86 bits per heavy atom. The van der Waals surface area contributed by atoms with Crippen molar-refractivity contribution < 1.29 is 30.0 Å². The summed E-state index contributed by atoms with van der Waals surface area (Å²) in [6.45, 7) is 1.41. The maximum atomic E-state index is 12.4. The molecule has 1 rings (SSSR count). The standard InChI is InChI=1S/C11H12ClF3O4S2/c1-8(6-7-12)20(16,17)9-2-4-10(5-3-9)21(18,19)11(13,14)15/h2-5,8H,6-7H2,1H3. The molecule has 0 aliphatic carbocycles. The Hall–Kier alpha value is -0.800. The first-order valence-electron chi connectivity index (χ1n) is 5.66. The van der Waals surface area contributed by atoms with Crippen LogP contribution in [0.25, 0.3) is 0 Å². The maximum absolute atomic E-state index is 12.4. The van der Waals surface area contributed by atoms with Crippen LogP contribution in [0.15, 0.2) is 34.1 Å². The van der Waals surface area contributed by atoms with Crippen molar-refractivity contribution in [3.63, 3.8) is 0 Å². The van der Waals surface area contributed by atoms with Crippen molar-refractivity contribution >= 4 is 31.3 Å². The van der Waals surface area contributed by atoms with Crippen LogP contribution >= 0.6 is 11.6 Å². The topological polar surface area (TPSA) is 68.3 Å². The third-order valence-electron chi connectivity index (χ3n) is 2.81. The smallest absolute Gasteiger partial charge is 0.223 e. The molecule has 21 heavy (non-hydrogen) atoms. The van der Waals surface area contributed by atoms with Gasteiger partial charge in [-0.05, 0) is 37.6 Å². The van der Waals surface area contributed by atoms with E-state index in [4.69, 9.17) is 11.6 Å². The Labute approximate surface area is 125 Å². The lowest BCUT2D eigenvalue weighted by Gasteiger charge is -2.12. The molecule has 0 bridgehead atoms. The van der Waals surface area contributed by atoms with Gasteiger partial charge in [0, 0.05) is 5.88 Å². The molecule has 0 saturated carbocycles. The zero-order valence-corrected chi connectivity index (χ0v) is 13.2. The van der Waals surface area contributed by atoms with Crippen LogP contribution in [-0.2, 0) is 19.7 Å². The second kappa shape index (κ2) is 6.13. The highest BCUT2D eigenvalue weighted by atomic mass is 35.5. The summed E-state index contributed by atoms with van der Waals surface area (Å²) in [5, 5.41) is -0.819. The second-order valence-electron chi connectivity index (χ2n) is 4.25. The fourth-order valence-corrected chi connectivity index (χ4v) is 4.11. The van der Waals surface area contributed by atoms with Crippen molar-refractivity contribution in [1.29, 1.82) is 0 Å². The third kappa shape index (κ3) is 3.70. The van der Waals surface area contributed by atoms with Gasteiger partial charge in [-0.3, -0.25) is 0 Å². The van der Waals surface area contributed by atoms with Crippen LogP contribution in [-0.4, -0.2) is 33.5 Å². The average Bonchev–Trinajstić information content (AvgIpc) is 2.37. The molecule has 4 nitrogen and oxygen atoms in total. The molecule has 0 aliphatic rings. The van der Waals surface area contributed by atoms with Gasteiger partial charge in [-0.2, -0.15) is 13.2 Å². The molecule has 0 N–H and O–H groups in total. The van der Waals surface area contributed by atoms with Crippen LogP contribution in [0.1, 0.15) is 13.3 Å². The predicted molar refractivity (Wildman–Crippen MR) is 71.7 cm³/mol. The highest BCUT2D eigenvalue weighted by Crippen LogP contribution is 2.31. The number of hydrogen-bond acceptors (Lipinski definition) is 4. The molecule has 0 aliphatic heterocycles. The lowest BCUT2D eigenvalue weighted by Crippen LogP contribution is -2.23. The maximum Gasteiger partial charge on any atom is 0.501 e. The first kappa shape index (κ1) is 18.2. The molecule has 1 aromatic rings. The molecule has 10 heteroatoms. The van der Waals surface area contributed by atoms with Crippen LogP contribution in [0, 0.1) is 0 Å². The van der Waals surface area contributed by atoms with E-state index >= 15 is 0 Å². The van der Waals surface area contributed by atoms with E-state index in [9.17, 15) is 30.0 Å². The highest BCUT2D eigenvalue weighted by Gasteiger charge is 2.46. The zero-order valence-electron chi connectivity index (χ0n) is 10.8. The van der Waals surface area contributed by atoms with E-state index in [1.54, 1.807) is 0 Å². The molecule has 0 amide bonds. The minimum absolute atomic E-state index is 0.112. The normalized spacial score (nSPS) is 14.9. The Balaban J connectivity index is 3.21. The van der Waals surface area contributed by atoms with E-state index < -0.39 is 35.3 Å². The van der Waals surface area contributed by atoms with Gasteiger partial charge in [0.05, 0.1) is 15.0 Å². The first-order valence-corrected chi connectivity index (χ1v) is 9.22. The lowest BCUT2D eigenvalue weighted by molar-refractivity contribution is -0.0436. The van der Waals surface area contributed by atoms with Gasteiger partial charge < -0.3 is 0 Å². The van der Waals surface area contributed by atoms with Crippen molar-refractivity contribution in [2.45, 2.75) is 33.9 Å². The SMILES string of the molecule is CC(CCCl)S(=O)(=O)c1ccc(S(=O)(=O)C(F)(F)F)cc1.